The minimum Gasteiger partial charge on any atom is -0.489 e. The lowest BCUT2D eigenvalue weighted by Gasteiger charge is -2.49. The topological polar surface area (TPSA) is 216 Å². The molecule has 1 aromatic heterocycles. The van der Waals surface area contributed by atoms with Crippen molar-refractivity contribution in [1.29, 1.82) is 0 Å². The summed E-state index contributed by atoms with van der Waals surface area (Å²) in [6.07, 6.45) is 2.08. The number of amides is 3. The Kier molecular flexibility index (Phi) is 12.9. The van der Waals surface area contributed by atoms with E-state index in [9.17, 15) is 34.2 Å². The van der Waals surface area contributed by atoms with Gasteiger partial charge in [0, 0.05) is 55.4 Å². The SMILES string of the molecule is CN(C)c1ccc(/N=N/c2ccc(C(=O)NCCCCCC(=O)NC3C(=O)N4C(C(=O)O)=C(COc5ccc6nc(C7=N[C@@H](C(=O)O)CS7)sc6c5)CSC34)cc2)cc1. The van der Waals surface area contributed by atoms with Crippen LogP contribution in [0.25, 0.3) is 10.2 Å². The molecule has 0 aliphatic carbocycles. The summed E-state index contributed by atoms with van der Waals surface area (Å²) in [4.78, 5) is 74.3. The lowest BCUT2D eigenvalue weighted by atomic mass is 10.0. The maximum absolute atomic E-state index is 13.2. The number of hydrogen-bond acceptors (Lipinski definition) is 14. The van der Waals surface area contributed by atoms with E-state index >= 15 is 0 Å². The molecule has 306 valence electrons. The van der Waals surface area contributed by atoms with E-state index in [1.54, 1.807) is 42.5 Å². The molecule has 0 radical (unpaired) electrons. The number of thiazole rings is 1. The van der Waals surface area contributed by atoms with Gasteiger partial charge in [-0.05, 0) is 79.6 Å². The van der Waals surface area contributed by atoms with Crippen LogP contribution >= 0.6 is 34.9 Å². The fourth-order valence-corrected chi connectivity index (χ4v) is 9.84. The minimum absolute atomic E-state index is 0.0602. The van der Waals surface area contributed by atoms with Gasteiger partial charge in [0.1, 0.15) is 39.5 Å². The summed E-state index contributed by atoms with van der Waals surface area (Å²) in [5, 5.41) is 34.2. The summed E-state index contributed by atoms with van der Waals surface area (Å²) in [5.74, 6) is -2.09. The first kappa shape index (κ1) is 41.4. The second-order valence-electron chi connectivity index (χ2n) is 14.0. The third kappa shape index (κ3) is 9.75. The van der Waals surface area contributed by atoms with Gasteiger partial charge in [-0.2, -0.15) is 10.2 Å². The second kappa shape index (κ2) is 18.4. The molecule has 3 aliphatic rings. The van der Waals surface area contributed by atoms with Crippen molar-refractivity contribution in [1.82, 2.24) is 20.5 Å². The number of ether oxygens (including phenoxy) is 1. The Bertz CT molecular complexity index is 2360. The predicted molar refractivity (Wildman–Crippen MR) is 227 cm³/mol. The molecule has 3 aliphatic heterocycles. The number of fused-ring (bicyclic) bond motifs is 2. The van der Waals surface area contributed by atoms with Crippen LogP contribution in [-0.2, 0) is 19.2 Å². The Hall–Kier alpha value is -5.79. The number of β-lactam (4-membered cyclic amide) rings is 1. The van der Waals surface area contributed by atoms with E-state index in [4.69, 9.17) is 4.74 Å². The molecule has 7 rings (SSSR count). The van der Waals surface area contributed by atoms with Crippen LogP contribution in [0.1, 0.15) is 41.0 Å². The van der Waals surface area contributed by atoms with Gasteiger partial charge in [0.15, 0.2) is 6.04 Å². The largest absolute Gasteiger partial charge is 0.489 e. The molecule has 16 nitrogen and oxygen atoms in total. The van der Waals surface area contributed by atoms with Crippen LogP contribution in [0.3, 0.4) is 0 Å². The molecule has 4 aromatic rings. The Balaban J connectivity index is 0.823. The number of nitrogens with zero attached hydrogens (tertiary/aromatic N) is 6. The van der Waals surface area contributed by atoms with Crippen molar-refractivity contribution in [3.63, 3.8) is 0 Å². The van der Waals surface area contributed by atoms with Gasteiger partial charge in [0.2, 0.25) is 5.91 Å². The molecule has 3 amide bonds. The molecular formula is C40H40N8O8S3. The molecule has 3 aromatic carbocycles. The van der Waals surface area contributed by atoms with E-state index < -0.39 is 35.3 Å². The van der Waals surface area contributed by atoms with Crippen molar-refractivity contribution in [2.24, 2.45) is 15.2 Å². The highest BCUT2D eigenvalue weighted by Gasteiger charge is 2.54. The van der Waals surface area contributed by atoms with Crippen molar-refractivity contribution >= 4 is 96.8 Å². The molecule has 3 atom stereocenters. The van der Waals surface area contributed by atoms with Crippen LogP contribution in [0.5, 0.6) is 5.75 Å². The first-order chi connectivity index (χ1) is 28.4. The lowest BCUT2D eigenvalue weighted by Crippen LogP contribution is -2.70. The van der Waals surface area contributed by atoms with Crippen LogP contribution < -0.4 is 20.3 Å². The van der Waals surface area contributed by atoms with Crippen molar-refractivity contribution in [2.45, 2.75) is 43.1 Å². The van der Waals surface area contributed by atoms with Gasteiger partial charge in [0.25, 0.3) is 11.8 Å². The summed E-state index contributed by atoms with van der Waals surface area (Å²) < 4.78 is 6.78. The van der Waals surface area contributed by atoms with Crippen LogP contribution in [0.15, 0.2) is 93.2 Å². The van der Waals surface area contributed by atoms with E-state index in [0.717, 1.165) is 16.1 Å². The number of aromatic nitrogens is 1. The third-order valence-electron chi connectivity index (χ3n) is 9.60. The molecule has 1 saturated heterocycles. The number of aliphatic imine (C=N–C) groups is 1. The quantitative estimate of drug-likeness (QED) is 0.0561. The van der Waals surface area contributed by atoms with E-state index in [2.05, 4.69) is 30.8 Å². The number of anilines is 1. The summed E-state index contributed by atoms with van der Waals surface area (Å²) >= 11 is 4.08. The maximum Gasteiger partial charge on any atom is 0.352 e. The molecule has 0 bridgehead atoms. The van der Waals surface area contributed by atoms with Crippen molar-refractivity contribution in [3.8, 4) is 5.75 Å². The molecule has 0 spiro atoms. The van der Waals surface area contributed by atoms with Gasteiger partial charge < -0.3 is 30.5 Å². The summed E-state index contributed by atoms with van der Waals surface area (Å²) in [7, 11) is 3.93. The fourth-order valence-electron chi connectivity index (χ4n) is 6.42. The zero-order valence-electron chi connectivity index (χ0n) is 32.0. The van der Waals surface area contributed by atoms with E-state index in [0.29, 0.717) is 75.5 Å². The first-order valence-electron chi connectivity index (χ1n) is 18.7. The number of aliphatic carboxylic acids is 2. The number of unbranched alkanes of at least 4 members (excludes halogenated alkanes) is 2. The molecular weight excluding hydrogens is 817 g/mol. The first-order valence-corrected chi connectivity index (χ1v) is 21.5. The Morgan fingerprint density at radius 3 is 2.37 bits per heavy atom. The second-order valence-corrected chi connectivity index (χ2v) is 17.1. The Morgan fingerprint density at radius 2 is 1.69 bits per heavy atom. The van der Waals surface area contributed by atoms with E-state index in [1.807, 2.05) is 43.3 Å². The highest BCUT2D eigenvalue weighted by Crippen LogP contribution is 2.41. The minimum atomic E-state index is -1.25. The number of thioether (sulfide) groups is 2. The normalized spacial score (nSPS) is 18.7. The van der Waals surface area contributed by atoms with Crippen LogP contribution in [0, 0.1) is 0 Å². The molecule has 59 heavy (non-hydrogen) atoms. The predicted octanol–water partition coefficient (Wildman–Crippen LogP) is 5.83. The van der Waals surface area contributed by atoms with Gasteiger partial charge in [-0.1, -0.05) is 6.42 Å². The van der Waals surface area contributed by atoms with Crippen LogP contribution in [0.4, 0.5) is 17.1 Å². The highest BCUT2D eigenvalue weighted by atomic mass is 32.2. The van der Waals surface area contributed by atoms with E-state index in [-0.39, 0.29) is 30.5 Å². The Morgan fingerprint density at radius 1 is 0.966 bits per heavy atom. The maximum atomic E-state index is 13.2. The number of nitrogens with one attached hydrogen (secondary N) is 2. The third-order valence-corrected chi connectivity index (χ3v) is 13.1. The van der Waals surface area contributed by atoms with Gasteiger partial charge in [0.05, 0.1) is 21.6 Å². The molecule has 1 fully saturated rings. The van der Waals surface area contributed by atoms with Gasteiger partial charge in [-0.25, -0.2) is 14.6 Å². The van der Waals surface area contributed by atoms with E-state index in [1.165, 1.54) is 39.8 Å². The van der Waals surface area contributed by atoms with Gasteiger partial charge in [-0.15, -0.1) is 34.9 Å². The van der Waals surface area contributed by atoms with Gasteiger partial charge in [-0.3, -0.25) is 24.3 Å². The monoisotopic (exact) mass is 856 g/mol. The lowest BCUT2D eigenvalue weighted by molar-refractivity contribution is -0.150. The number of hydrogen-bond donors (Lipinski definition) is 4. The number of carboxylic acids is 2. The number of benzene rings is 3. The Labute approximate surface area is 351 Å². The van der Waals surface area contributed by atoms with Crippen molar-refractivity contribution in [3.05, 3.63) is 88.6 Å². The summed E-state index contributed by atoms with van der Waals surface area (Å²) in [6.45, 7) is 0.373. The van der Waals surface area contributed by atoms with Crippen LogP contribution in [0.2, 0.25) is 0 Å². The average Bonchev–Trinajstić information content (AvgIpc) is 3.90. The zero-order chi connectivity index (χ0) is 41.6. The summed E-state index contributed by atoms with van der Waals surface area (Å²) in [5.41, 5.74) is 3.91. The molecule has 2 unspecified atom stereocenters. The molecule has 19 heteroatoms. The number of carbonyl (C=O) groups is 5. The smallest absolute Gasteiger partial charge is 0.352 e. The van der Waals surface area contributed by atoms with Crippen molar-refractivity contribution in [2.75, 3.05) is 43.7 Å². The molecule has 4 N–H and O–H groups in total. The van der Waals surface area contributed by atoms with Gasteiger partial charge >= 0.3 is 11.9 Å². The zero-order valence-corrected chi connectivity index (χ0v) is 34.4. The number of carboxylic acid groups (broad SMARTS) is 2. The molecule has 0 saturated carbocycles. The highest BCUT2D eigenvalue weighted by molar-refractivity contribution is 8.15. The molecule has 4 heterocycles. The number of azo groups is 1. The average molecular weight is 857 g/mol. The number of rotatable bonds is 17. The summed E-state index contributed by atoms with van der Waals surface area (Å²) in [6, 6.07) is 18.2. The standard InChI is InChI=1S/C40H40N8O8S3/c1-47(2)26-13-11-25(12-14-26)46-45-24-9-7-22(8-10-24)34(50)41-17-5-3-4-6-31(49)44-32-37(51)48-33(40(54)55)23(20-58-38(32)48)19-56-27-15-16-28-30(18-27)59-36(42-28)35-43-29(21-57-35)39(52)53/h7-16,18,29,32,38H,3-6,17,19-21H2,1-2H3,(H,41,50)(H,44,49)(H,52,53)(H,54,55)/b46-45+/t29-,32?,38?/m1/s1. The van der Waals surface area contributed by atoms with Crippen LogP contribution in [-0.4, -0.2) is 111 Å². The number of carbonyl (C=O) groups excluding carboxylic acids is 3. The van der Waals surface area contributed by atoms with Crippen molar-refractivity contribution < 1.29 is 38.9 Å². The fraction of sp³-hybridized carbons (Fsp3) is 0.325.